The standard InChI is InChI=1S/C13H15N3O2/c1-10-11(2)16(8-14-10)9-18-13(17)15-12-6-4-3-5-7-12/h3-8H,9H2,1-2H3,(H,15,17). The Balaban J connectivity index is 1.87. The lowest BCUT2D eigenvalue weighted by Crippen LogP contribution is -2.16. The highest BCUT2D eigenvalue weighted by atomic mass is 16.6. The van der Waals surface area contributed by atoms with Gasteiger partial charge in [-0.1, -0.05) is 18.2 Å². The van der Waals surface area contributed by atoms with Gasteiger partial charge in [-0.15, -0.1) is 0 Å². The Bertz CT molecular complexity index is 534. The molecule has 1 aromatic heterocycles. The SMILES string of the molecule is Cc1ncn(COC(=O)Nc2ccccc2)c1C. The van der Waals surface area contributed by atoms with Crippen LogP contribution in [0.2, 0.25) is 0 Å². The second kappa shape index (κ2) is 5.35. The lowest BCUT2D eigenvalue weighted by atomic mass is 10.3. The van der Waals surface area contributed by atoms with Crippen molar-refractivity contribution in [1.82, 2.24) is 9.55 Å². The number of hydrogen-bond donors (Lipinski definition) is 1. The number of rotatable bonds is 3. The average molecular weight is 245 g/mol. The van der Waals surface area contributed by atoms with E-state index in [1.165, 1.54) is 0 Å². The number of hydrogen-bond acceptors (Lipinski definition) is 3. The Hall–Kier alpha value is -2.30. The molecule has 0 aliphatic carbocycles. The van der Waals surface area contributed by atoms with Crippen LogP contribution in [0.15, 0.2) is 36.7 Å². The second-order valence-corrected chi connectivity index (χ2v) is 3.94. The molecule has 0 saturated heterocycles. The van der Waals surface area contributed by atoms with E-state index in [2.05, 4.69) is 10.3 Å². The molecule has 5 heteroatoms. The quantitative estimate of drug-likeness (QED) is 0.904. The summed E-state index contributed by atoms with van der Waals surface area (Å²) in [5.41, 5.74) is 2.63. The van der Waals surface area contributed by atoms with Crippen LogP contribution in [0.1, 0.15) is 11.4 Å². The van der Waals surface area contributed by atoms with Crippen molar-refractivity contribution < 1.29 is 9.53 Å². The van der Waals surface area contributed by atoms with Crippen molar-refractivity contribution >= 4 is 11.8 Å². The minimum absolute atomic E-state index is 0.158. The first-order valence-corrected chi connectivity index (χ1v) is 5.64. The van der Waals surface area contributed by atoms with E-state index in [1.54, 1.807) is 23.0 Å². The van der Waals surface area contributed by atoms with E-state index in [9.17, 15) is 4.79 Å². The van der Waals surface area contributed by atoms with Gasteiger partial charge < -0.3 is 9.30 Å². The van der Waals surface area contributed by atoms with Crippen molar-refractivity contribution in [1.29, 1.82) is 0 Å². The Morgan fingerprint density at radius 2 is 2.06 bits per heavy atom. The van der Waals surface area contributed by atoms with Crippen LogP contribution in [-0.4, -0.2) is 15.6 Å². The van der Waals surface area contributed by atoms with Crippen LogP contribution in [0.5, 0.6) is 0 Å². The highest BCUT2D eigenvalue weighted by Crippen LogP contribution is 2.07. The van der Waals surface area contributed by atoms with Crippen molar-refractivity contribution in [3.63, 3.8) is 0 Å². The van der Waals surface area contributed by atoms with E-state index in [0.29, 0.717) is 5.69 Å². The van der Waals surface area contributed by atoms with Crippen LogP contribution in [0, 0.1) is 13.8 Å². The predicted molar refractivity (Wildman–Crippen MR) is 68.2 cm³/mol. The largest absolute Gasteiger partial charge is 0.427 e. The molecule has 18 heavy (non-hydrogen) atoms. The molecule has 5 nitrogen and oxygen atoms in total. The van der Waals surface area contributed by atoms with Crippen molar-refractivity contribution in [2.75, 3.05) is 5.32 Å². The molecule has 0 bridgehead atoms. The number of para-hydroxylation sites is 1. The molecule has 94 valence electrons. The third kappa shape index (κ3) is 2.88. The fourth-order valence-electron chi connectivity index (χ4n) is 1.48. The van der Waals surface area contributed by atoms with Gasteiger partial charge >= 0.3 is 6.09 Å². The number of nitrogens with one attached hydrogen (secondary N) is 1. The molecule has 0 atom stereocenters. The topological polar surface area (TPSA) is 56.2 Å². The zero-order valence-corrected chi connectivity index (χ0v) is 10.4. The predicted octanol–water partition coefficient (Wildman–Crippen LogP) is 2.71. The van der Waals surface area contributed by atoms with E-state index in [-0.39, 0.29) is 6.73 Å². The van der Waals surface area contributed by atoms with Gasteiger partial charge in [0, 0.05) is 11.4 Å². The summed E-state index contributed by atoms with van der Waals surface area (Å²) in [7, 11) is 0. The van der Waals surface area contributed by atoms with Gasteiger partial charge in [-0.05, 0) is 26.0 Å². The van der Waals surface area contributed by atoms with Gasteiger partial charge in [0.15, 0.2) is 6.73 Å². The Kier molecular flexibility index (Phi) is 3.62. The number of anilines is 1. The normalized spacial score (nSPS) is 10.1. The lowest BCUT2D eigenvalue weighted by Gasteiger charge is -2.08. The van der Waals surface area contributed by atoms with Gasteiger partial charge in [0.25, 0.3) is 0 Å². The van der Waals surface area contributed by atoms with Crippen LogP contribution in [-0.2, 0) is 11.5 Å². The number of carbonyl (C=O) groups excluding carboxylic acids is 1. The van der Waals surface area contributed by atoms with Crippen LogP contribution in [0.3, 0.4) is 0 Å². The van der Waals surface area contributed by atoms with Gasteiger partial charge in [0.05, 0.1) is 12.0 Å². The van der Waals surface area contributed by atoms with Crippen LogP contribution >= 0.6 is 0 Å². The van der Waals surface area contributed by atoms with E-state index in [4.69, 9.17) is 4.74 Å². The summed E-state index contributed by atoms with van der Waals surface area (Å²) < 4.78 is 6.88. The summed E-state index contributed by atoms with van der Waals surface area (Å²) in [6.07, 6.45) is 1.17. The highest BCUT2D eigenvalue weighted by Gasteiger charge is 2.05. The molecule has 1 N–H and O–H groups in total. The van der Waals surface area contributed by atoms with Crippen LogP contribution in [0.4, 0.5) is 10.5 Å². The van der Waals surface area contributed by atoms with Crippen molar-refractivity contribution in [2.24, 2.45) is 0 Å². The maximum Gasteiger partial charge on any atom is 0.413 e. The number of amides is 1. The number of benzene rings is 1. The summed E-state index contributed by atoms with van der Waals surface area (Å²) in [5, 5.41) is 2.64. The van der Waals surface area contributed by atoms with Gasteiger partial charge in [0.1, 0.15) is 0 Å². The molecule has 0 fully saturated rings. The Labute approximate surface area is 105 Å². The summed E-state index contributed by atoms with van der Waals surface area (Å²) >= 11 is 0. The zero-order chi connectivity index (χ0) is 13.0. The average Bonchev–Trinajstić information content (AvgIpc) is 2.69. The fraction of sp³-hybridized carbons (Fsp3) is 0.231. The third-order valence-corrected chi connectivity index (χ3v) is 2.70. The smallest absolute Gasteiger partial charge is 0.413 e. The molecule has 1 aromatic carbocycles. The number of nitrogens with zero attached hydrogens (tertiary/aromatic N) is 2. The molecule has 2 aromatic rings. The maximum absolute atomic E-state index is 11.5. The molecular formula is C13H15N3O2. The van der Waals surface area contributed by atoms with E-state index < -0.39 is 6.09 Å². The second-order valence-electron chi connectivity index (χ2n) is 3.94. The molecule has 1 amide bonds. The highest BCUT2D eigenvalue weighted by molar-refractivity contribution is 5.84. The van der Waals surface area contributed by atoms with Gasteiger partial charge in [-0.3, -0.25) is 5.32 Å². The molecule has 0 aliphatic rings. The summed E-state index contributed by atoms with van der Waals surface area (Å²) in [6.45, 7) is 4.00. The Morgan fingerprint density at radius 1 is 1.33 bits per heavy atom. The first-order chi connectivity index (χ1) is 8.66. The molecule has 2 rings (SSSR count). The number of aryl methyl sites for hydroxylation is 1. The lowest BCUT2D eigenvalue weighted by molar-refractivity contribution is 0.127. The van der Waals surface area contributed by atoms with Crippen molar-refractivity contribution in [3.8, 4) is 0 Å². The van der Waals surface area contributed by atoms with Gasteiger partial charge in [-0.2, -0.15) is 0 Å². The number of aromatic nitrogens is 2. The van der Waals surface area contributed by atoms with Crippen molar-refractivity contribution in [2.45, 2.75) is 20.6 Å². The molecule has 0 spiro atoms. The molecule has 0 radical (unpaired) electrons. The first-order valence-electron chi connectivity index (χ1n) is 5.64. The van der Waals surface area contributed by atoms with E-state index >= 15 is 0 Å². The van der Waals surface area contributed by atoms with Gasteiger partial charge in [-0.25, -0.2) is 9.78 Å². The number of carbonyl (C=O) groups is 1. The minimum Gasteiger partial charge on any atom is -0.427 e. The number of ether oxygens (including phenoxy) is 1. The minimum atomic E-state index is -0.480. The van der Waals surface area contributed by atoms with Gasteiger partial charge in [0.2, 0.25) is 0 Å². The monoisotopic (exact) mass is 245 g/mol. The van der Waals surface area contributed by atoms with Crippen LogP contribution < -0.4 is 5.32 Å². The molecule has 0 saturated carbocycles. The molecule has 1 heterocycles. The summed E-state index contributed by atoms with van der Waals surface area (Å²) in [6, 6.07) is 9.17. The Morgan fingerprint density at radius 3 is 2.67 bits per heavy atom. The van der Waals surface area contributed by atoms with E-state index in [1.807, 2.05) is 32.0 Å². The molecular weight excluding hydrogens is 230 g/mol. The zero-order valence-electron chi connectivity index (χ0n) is 10.4. The third-order valence-electron chi connectivity index (χ3n) is 2.70. The maximum atomic E-state index is 11.5. The first kappa shape index (κ1) is 12.2. The molecule has 0 aliphatic heterocycles. The van der Waals surface area contributed by atoms with Crippen LogP contribution in [0.25, 0.3) is 0 Å². The fourth-order valence-corrected chi connectivity index (χ4v) is 1.48. The number of imidazole rings is 1. The van der Waals surface area contributed by atoms with E-state index in [0.717, 1.165) is 11.4 Å². The van der Waals surface area contributed by atoms with Crippen molar-refractivity contribution in [3.05, 3.63) is 48.0 Å². The summed E-state index contributed by atoms with van der Waals surface area (Å²) in [5.74, 6) is 0. The molecule has 0 unspecified atom stereocenters. The summed E-state index contributed by atoms with van der Waals surface area (Å²) in [4.78, 5) is 15.7.